The highest BCUT2D eigenvalue weighted by molar-refractivity contribution is 7.12. The summed E-state index contributed by atoms with van der Waals surface area (Å²) < 4.78 is 0. The predicted molar refractivity (Wildman–Crippen MR) is 73.6 cm³/mol. The van der Waals surface area contributed by atoms with E-state index in [4.69, 9.17) is 5.11 Å². The molecule has 0 aromatic carbocycles. The fourth-order valence-electron chi connectivity index (χ4n) is 2.24. The Hall–Kier alpha value is -1.89. The van der Waals surface area contributed by atoms with E-state index in [0.717, 1.165) is 0 Å². The highest BCUT2D eigenvalue weighted by Gasteiger charge is 2.33. The molecule has 1 fully saturated rings. The van der Waals surface area contributed by atoms with Gasteiger partial charge in [-0.3, -0.25) is 9.59 Å². The summed E-state index contributed by atoms with van der Waals surface area (Å²) in [6, 6.07) is 2.78. The molecule has 0 unspecified atom stereocenters. The van der Waals surface area contributed by atoms with Crippen LogP contribution in [-0.2, 0) is 9.59 Å². The number of carboxylic acids is 1. The summed E-state index contributed by atoms with van der Waals surface area (Å²) in [5, 5.41) is 13.5. The van der Waals surface area contributed by atoms with Gasteiger partial charge in [-0.15, -0.1) is 11.3 Å². The van der Waals surface area contributed by atoms with E-state index >= 15 is 0 Å². The van der Waals surface area contributed by atoms with Crippen molar-refractivity contribution in [1.82, 2.24) is 10.2 Å². The van der Waals surface area contributed by atoms with Crippen LogP contribution in [-0.4, -0.2) is 46.9 Å². The highest BCUT2D eigenvalue weighted by atomic mass is 32.1. The number of hydrogen-bond acceptors (Lipinski definition) is 4. The molecule has 1 aliphatic heterocycles. The van der Waals surface area contributed by atoms with E-state index in [1.54, 1.807) is 12.1 Å². The van der Waals surface area contributed by atoms with Crippen molar-refractivity contribution in [3.05, 3.63) is 22.4 Å². The van der Waals surface area contributed by atoms with E-state index in [2.05, 4.69) is 5.32 Å². The molecule has 1 aliphatic rings. The van der Waals surface area contributed by atoms with Crippen molar-refractivity contribution in [3.8, 4) is 0 Å². The van der Waals surface area contributed by atoms with Gasteiger partial charge in [0.25, 0.3) is 5.91 Å². The third-order valence-electron chi connectivity index (χ3n) is 3.23. The molecule has 0 saturated carbocycles. The van der Waals surface area contributed by atoms with Crippen LogP contribution in [0, 0.1) is 0 Å². The van der Waals surface area contributed by atoms with Crippen LogP contribution >= 0.6 is 11.3 Å². The average Bonchev–Trinajstić information content (AvgIpc) is 3.09. The molecule has 2 heterocycles. The van der Waals surface area contributed by atoms with E-state index in [0.29, 0.717) is 24.3 Å². The Bertz CT molecular complexity index is 500. The molecular weight excluding hydrogens is 280 g/mol. The number of thiophene rings is 1. The molecular formula is C13H16N2O4S. The van der Waals surface area contributed by atoms with Gasteiger partial charge in [0.1, 0.15) is 6.04 Å². The number of carbonyl (C=O) groups excluding carboxylic acids is 2. The summed E-state index contributed by atoms with van der Waals surface area (Å²) in [5.74, 6) is -1.39. The minimum atomic E-state index is -0.960. The molecule has 1 saturated heterocycles. The second-order valence-electron chi connectivity index (χ2n) is 4.57. The zero-order valence-electron chi connectivity index (χ0n) is 10.9. The van der Waals surface area contributed by atoms with Crippen LogP contribution in [0.25, 0.3) is 0 Å². The number of amides is 2. The van der Waals surface area contributed by atoms with Crippen molar-refractivity contribution >= 4 is 29.1 Å². The highest BCUT2D eigenvalue weighted by Crippen LogP contribution is 2.18. The monoisotopic (exact) mass is 296 g/mol. The lowest BCUT2D eigenvalue weighted by molar-refractivity contribution is -0.148. The molecule has 0 radical (unpaired) electrons. The summed E-state index contributed by atoms with van der Waals surface area (Å²) in [5.41, 5.74) is 0. The third-order valence-corrected chi connectivity index (χ3v) is 4.10. The molecule has 2 N–H and O–H groups in total. The van der Waals surface area contributed by atoms with E-state index < -0.39 is 12.0 Å². The Balaban J connectivity index is 1.78. The van der Waals surface area contributed by atoms with Gasteiger partial charge in [-0.1, -0.05) is 6.07 Å². The molecule has 2 rings (SSSR count). The van der Waals surface area contributed by atoms with Gasteiger partial charge in [0.15, 0.2) is 0 Å². The molecule has 6 nitrogen and oxygen atoms in total. The van der Waals surface area contributed by atoms with Crippen LogP contribution in [0.2, 0.25) is 0 Å². The quantitative estimate of drug-likeness (QED) is 0.846. The van der Waals surface area contributed by atoms with E-state index in [1.807, 2.05) is 5.38 Å². The lowest BCUT2D eigenvalue weighted by Gasteiger charge is -2.21. The first-order valence-electron chi connectivity index (χ1n) is 6.43. The number of aliphatic carboxylic acids is 1. The molecule has 0 aliphatic carbocycles. The summed E-state index contributed by atoms with van der Waals surface area (Å²) in [4.78, 5) is 36.6. The predicted octanol–water partition coefficient (Wildman–Crippen LogP) is 0.944. The number of carbonyl (C=O) groups is 3. The number of nitrogens with zero attached hydrogens (tertiary/aromatic N) is 1. The Kier molecular flexibility index (Phi) is 4.73. The van der Waals surface area contributed by atoms with Crippen molar-refractivity contribution in [3.63, 3.8) is 0 Å². The fraction of sp³-hybridized carbons (Fsp3) is 0.462. The maximum absolute atomic E-state index is 11.9. The van der Waals surface area contributed by atoms with Gasteiger partial charge in [0.05, 0.1) is 4.88 Å². The minimum Gasteiger partial charge on any atom is -0.480 e. The van der Waals surface area contributed by atoms with Crippen LogP contribution in [0.3, 0.4) is 0 Å². The topological polar surface area (TPSA) is 86.7 Å². The Labute approximate surface area is 120 Å². The van der Waals surface area contributed by atoms with Gasteiger partial charge in [-0.2, -0.15) is 0 Å². The SMILES string of the molecule is O=C(NCCC(=O)N1CCC[C@H]1C(=O)O)c1cccs1. The Morgan fingerprint density at radius 2 is 2.25 bits per heavy atom. The first-order valence-corrected chi connectivity index (χ1v) is 7.31. The van der Waals surface area contributed by atoms with Gasteiger partial charge in [0, 0.05) is 19.5 Å². The van der Waals surface area contributed by atoms with E-state index in [-0.39, 0.29) is 24.8 Å². The van der Waals surface area contributed by atoms with Crippen LogP contribution in [0.15, 0.2) is 17.5 Å². The molecule has 7 heteroatoms. The number of hydrogen-bond donors (Lipinski definition) is 2. The summed E-state index contributed by atoms with van der Waals surface area (Å²) >= 11 is 1.33. The van der Waals surface area contributed by atoms with Crippen molar-refractivity contribution in [1.29, 1.82) is 0 Å². The average molecular weight is 296 g/mol. The lowest BCUT2D eigenvalue weighted by atomic mass is 10.2. The molecule has 20 heavy (non-hydrogen) atoms. The minimum absolute atomic E-state index is 0.126. The number of likely N-dealkylation sites (tertiary alicyclic amines) is 1. The maximum Gasteiger partial charge on any atom is 0.326 e. The molecule has 1 atom stereocenters. The molecule has 1 aromatic heterocycles. The fourth-order valence-corrected chi connectivity index (χ4v) is 2.88. The second-order valence-corrected chi connectivity index (χ2v) is 5.51. The van der Waals surface area contributed by atoms with Crippen molar-refractivity contribution in [2.75, 3.05) is 13.1 Å². The van der Waals surface area contributed by atoms with Crippen LogP contribution in [0.4, 0.5) is 0 Å². The molecule has 2 amide bonds. The Morgan fingerprint density at radius 1 is 1.45 bits per heavy atom. The van der Waals surface area contributed by atoms with Crippen LogP contribution in [0.5, 0.6) is 0 Å². The molecule has 108 valence electrons. The van der Waals surface area contributed by atoms with Gasteiger partial charge < -0.3 is 15.3 Å². The maximum atomic E-state index is 11.9. The second kappa shape index (κ2) is 6.51. The zero-order valence-corrected chi connectivity index (χ0v) is 11.7. The standard InChI is InChI=1S/C13H16N2O4S/c16-11(15-7-1-3-9(15)13(18)19)5-6-14-12(17)10-4-2-8-20-10/h2,4,8-9H,1,3,5-7H2,(H,14,17)(H,18,19)/t9-/m0/s1. The van der Waals surface area contributed by atoms with Gasteiger partial charge >= 0.3 is 5.97 Å². The van der Waals surface area contributed by atoms with Gasteiger partial charge in [-0.25, -0.2) is 4.79 Å². The largest absolute Gasteiger partial charge is 0.480 e. The van der Waals surface area contributed by atoms with Crippen LogP contribution < -0.4 is 5.32 Å². The number of nitrogens with one attached hydrogen (secondary N) is 1. The van der Waals surface area contributed by atoms with Gasteiger partial charge in [-0.05, 0) is 24.3 Å². The summed E-state index contributed by atoms with van der Waals surface area (Å²) in [6.07, 6.45) is 1.34. The van der Waals surface area contributed by atoms with Crippen molar-refractivity contribution < 1.29 is 19.5 Å². The summed E-state index contributed by atoms with van der Waals surface area (Å²) in [7, 11) is 0. The Morgan fingerprint density at radius 3 is 2.90 bits per heavy atom. The normalized spacial score (nSPS) is 18.0. The van der Waals surface area contributed by atoms with Crippen LogP contribution in [0.1, 0.15) is 28.9 Å². The third kappa shape index (κ3) is 3.36. The first kappa shape index (κ1) is 14.5. The zero-order chi connectivity index (χ0) is 14.5. The van der Waals surface area contributed by atoms with Crippen molar-refractivity contribution in [2.24, 2.45) is 0 Å². The first-order chi connectivity index (χ1) is 9.59. The summed E-state index contributed by atoms with van der Waals surface area (Å²) in [6.45, 7) is 0.701. The molecule has 0 bridgehead atoms. The van der Waals surface area contributed by atoms with E-state index in [1.165, 1.54) is 16.2 Å². The lowest BCUT2D eigenvalue weighted by Crippen LogP contribution is -2.41. The smallest absolute Gasteiger partial charge is 0.326 e. The molecule has 1 aromatic rings. The molecule has 0 spiro atoms. The number of carboxylic acid groups (broad SMARTS) is 1. The van der Waals surface area contributed by atoms with Gasteiger partial charge in [0.2, 0.25) is 5.91 Å². The van der Waals surface area contributed by atoms with Crippen molar-refractivity contribution in [2.45, 2.75) is 25.3 Å². The van der Waals surface area contributed by atoms with E-state index in [9.17, 15) is 14.4 Å². The number of rotatable bonds is 5.